The summed E-state index contributed by atoms with van der Waals surface area (Å²) in [5.41, 5.74) is 8.34. The molecule has 1 aromatic heterocycles. The second kappa shape index (κ2) is 6.25. The van der Waals surface area contributed by atoms with Crippen molar-refractivity contribution in [3.8, 4) is 0 Å². The highest BCUT2D eigenvalue weighted by Crippen LogP contribution is 2.30. The van der Waals surface area contributed by atoms with E-state index in [0.29, 0.717) is 23.1 Å². The Morgan fingerprint density at radius 3 is 2.65 bits per heavy atom. The Bertz CT molecular complexity index is 589. The quantitative estimate of drug-likeness (QED) is 0.838. The van der Waals surface area contributed by atoms with Gasteiger partial charge in [-0.2, -0.15) is 0 Å². The van der Waals surface area contributed by atoms with Gasteiger partial charge in [0.2, 0.25) is 5.95 Å². The number of nitrogens with zero attached hydrogens (tertiary/aromatic N) is 2. The van der Waals surface area contributed by atoms with Crippen LogP contribution in [0.25, 0.3) is 11.0 Å². The monoisotopic (exact) mass is 277 g/mol. The number of nitrogens with two attached hydrogens (primary N) is 1. The topological polar surface area (TPSA) is 43.8 Å². The molecule has 1 aromatic carbocycles. The lowest BCUT2D eigenvalue weighted by molar-refractivity contribution is 0.430. The molecule has 2 aromatic rings. The minimum Gasteiger partial charge on any atom is -0.369 e. The summed E-state index contributed by atoms with van der Waals surface area (Å²) in [6.07, 6.45) is 5.61. The standard InChI is InChI=1S/C16H24FN3/c1-4-6-8-12(7-5-2)20-15-9-11(3)13(17)10-14(15)19-16(20)18/h9-10,12H,4-8H2,1-3H3,(H2,18,19). The van der Waals surface area contributed by atoms with Crippen LogP contribution < -0.4 is 5.73 Å². The number of aromatic nitrogens is 2. The van der Waals surface area contributed by atoms with Crippen LogP contribution in [0.5, 0.6) is 0 Å². The van der Waals surface area contributed by atoms with Gasteiger partial charge in [-0.1, -0.05) is 33.1 Å². The van der Waals surface area contributed by atoms with Gasteiger partial charge < -0.3 is 10.3 Å². The molecule has 110 valence electrons. The molecule has 1 heterocycles. The molecule has 0 fully saturated rings. The fourth-order valence-corrected chi connectivity index (χ4v) is 2.80. The molecule has 0 bridgehead atoms. The van der Waals surface area contributed by atoms with Gasteiger partial charge in [-0.3, -0.25) is 0 Å². The maximum absolute atomic E-state index is 13.7. The van der Waals surface area contributed by atoms with Crippen molar-refractivity contribution in [2.75, 3.05) is 5.73 Å². The summed E-state index contributed by atoms with van der Waals surface area (Å²) in [6.45, 7) is 6.15. The van der Waals surface area contributed by atoms with Crippen molar-refractivity contribution in [1.29, 1.82) is 0 Å². The van der Waals surface area contributed by atoms with Gasteiger partial charge in [-0.05, 0) is 31.4 Å². The molecule has 0 saturated heterocycles. The highest BCUT2D eigenvalue weighted by Gasteiger charge is 2.18. The highest BCUT2D eigenvalue weighted by molar-refractivity contribution is 5.79. The van der Waals surface area contributed by atoms with E-state index in [2.05, 4.69) is 23.4 Å². The summed E-state index contributed by atoms with van der Waals surface area (Å²) >= 11 is 0. The lowest BCUT2D eigenvalue weighted by atomic mass is 10.0. The Balaban J connectivity index is 2.49. The minimum atomic E-state index is -0.220. The van der Waals surface area contributed by atoms with Gasteiger partial charge in [-0.15, -0.1) is 0 Å². The molecular formula is C16H24FN3. The first-order valence-corrected chi connectivity index (χ1v) is 7.52. The molecule has 0 aliphatic carbocycles. The summed E-state index contributed by atoms with van der Waals surface area (Å²) in [7, 11) is 0. The van der Waals surface area contributed by atoms with Gasteiger partial charge in [0.25, 0.3) is 0 Å². The maximum Gasteiger partial charge on any atom is 0.201 e. The first kappa shape index (κ1) is 14.8. The summed E-state index contributed by atoms with van der Waals surface area (Å²) in [5, 5.41) is 0. The van der Waals surface area contributed by atoms with Crippen molar-refractivity contribution in [3.63, 3.8) is 0 Å². The second-order valence-electron chi connectivity index (χ2n) is 5.51. The fourth-order valence-electron chi connectivity index (χ4n) is 2.80. The van der Waals surface area contributed by atoms with E-state index in [1.54, 1.807) is 6.92 Å². The van der Waals surface area contributed by atoms with Crippen molar-refractivity contribution < 1.29 is 4.39 Å². The van der Waals surface area contributed by atoms with Crippen LogP contribution in [0.1, 0.15) is 57.6 Å². The van der Waals surface area contributed by atoms with Crippen LogP contribution >= 0.6 is 0 Å². The van der Waals surface area contributed by atoms with Crippen molar-refractivity contribution in [2.45, 2.75) is 58.9 Å². The molecule has 0 amide bonds. The Morgan fingerprint density at radius 1 is 1.25 bits per heavy atom. The average Bonchev–Trinajstić information content (AvgIpc) is 2.71. The molecule has 1 atom stereocenters. The number of benzene rings is 1. The Hall–Kier alpha value is -1.58. The number of halogens is 1. The zero-order valence-electron chi connectivity index (χ0n) is 12.6. The summed E-state index contributed by atoms with van der Waals surface area (Å²) in [6, 6.07) is 3.71. The second-order valence-corrected chi connectivity index (χ2v) is 5.51. The van der Waals surface area contributed by atoms with Crippen LogP contribution in [-0.2, 0) is 0 Å². The first-order chi connectivity index (χ1) is 9.58. The van der Waals surface area contributed by atoms with Gasteiger partial charge >= 0.3 is 0 Å². The lowest BCUT2D eigenvalue weighted by Gasteiger charge is -2.20. The number of nitrogen functional groups attached to an aromatic ring is 1. The highest BCUT2D eigenvalue weighted by atomic mass is 19.1. The maximum atomic E-state index is 13.7. The number of rotatable bonds is 6. The van der Waals surface area contributed by atoms with Crippen LogP contribution in [0.15, 0.2) is 12.1 Å². The summed E-state index contributed by atoms with van der Waals surface area (Å²) < 4.78 is 15.7. The number of fused-ring (bicyclic) bond motifs is 1. The fraction of sp³-hybridized carbons (Fsp3) is 0.562. The lowest BCUT2D eigenvalue weighted by Crippen LogP contribution is -2.12. The van der Waals surface area contributed by atoms with E-state index in [0.717, 1.165) is 24.8 Å². The molecule has 0 radical (unpaired) electrons. The smallest absolute Gasteiger partial charge is 0.201 e. The van der Waals surface area contributed by atoms with Gasteiger partial charge in [0.15, 0.2) is 0 Å². The van der Waals surface area contributed by atoms with Crippen LogP contribution in [0.3, 0.4) is 0 Å². The van der Waals surface area contributed by atoms with Crippen LogP contribution in [-0.4, -0.2) is 9.55 Å². The zero-order valence-corrected chi connectivity index (χ0v) is 12.6. The molecule has 20 heavy (non-hydrogen) atoms. The molecular weight excluding hydrogens is 253 g/mol. The Labute approximate surface area is 120 Å². The Morgan fingerprint density at radius 2 is 2.00 bits per heavy atom. The van der Waals surface area contributed by atoms with Crippen molar-refractivity contribution in [3.05, 3.63) is 23.5 Å². The van der Waals surface area contributed by atoms with E-state index < -0.39 is 0 Å². The number of hydrogen-bond donors (Lipinski definition) is 1. The molecule has 2 N–H and O–H groups in total. The molecule has 0 aliphatic heterocycles. The Kier molecular flexibility index (Phi) is 4.63. The molecule has 4 heteroatoms. The number of hydrogen-bond acceptors (Lipinski definition) is 2. The van der Waals surface area contributed by atoms with E-state index >= 15 is 0 Å². The molecule has 3 nitrogen and oxygen atoms in total. The largest absolute Gasteiger partial charge is 0.369 e. The first-order valence-electron chi connectivity index (χ1n) is 7.52. The number of aryl methyl sites for hydroxylation is 1. The number of unbranched alkanes of at least 4 members (excludes halogenated alkanes) is 1. The average molecular weight is 277 g/mol. The molecule has 0 spiro atoms. The number of anilines is 1. The molecule has 1 unspecified atom stereocenters. The molecule has 2 rings (SSSR count). The van der Waals surface area contributed by atoms with Crippen LogP contribution in [0, 0.1) is 12.7 Å². The predicted molar refractivity (Wildman–Crippen MR) is 82.3 cm³/mol. The van der Waals surface area contributed by atoms with E-state index in [-0.39, 0.29) is 5.82 Å². The summed E-state index contributed by atoms with van der Waals surface area (Å²) in [5.74, 6) is 0.280. The third-order valence-electron chi connectivity index (χ3n) is 3.88. The normalized spacial score (nSPS) is 13.0. The minimum absolute atomic E-state index is 0.220. The SMILES string of the molecule is CCCCC(CCC)n1c(N)nc2cc(F)c(C)cc21. The van der Waals surface area contributed by atoms with Gasteiger partial charge in [0, 0.05) is 12.1 Å². The molecule has 0 aliphatic rings. The van der Waals surface area contributed by atoms with E-state index in [4.69, 9.17) is 5.73 Å². The third kappa shape index (κ3) is 2.79. The van der Waals surface area contributed by atoms with E-state index in [1.165, 1.54) is 18.9 Å². The van der Waals surface area contributed by atoms with Gasteiger partial charge in [-0.25, -0.2) is 9.37 Å². The van der Waals surface area contributed by atoms with Gasteiger partial charge in [0.1, 0.15) is 5.82 Å². The summed E-state index contributed by atoms with van der Waals surface area (Å²) in [4.78, 5) is 4.33. The zero-order chi connectivity index (χ0) is 14.7. The van der Waals surface area contributed by atoms with Crippen LogP contribution in [0.4, 0.5) is 10.3 Å². The van der Waals surface area contributed by atoms with Crippen molar-refractivity contribution in [1.82, 2.24) is 9.55 Å². The van der Waals surface area contributed by atoms with Crippen molar-refractivity contribution >= 4 is 17.0 Å². The van der Waals surface area contributed by atoms with E-state index in [1.807, 2.05) is 6.07 Å². The third-order valence-corrected chi connectivity index (χ3v) is 3.88. The predicted octanol–water partition coefficient (Wildman–Crippen LogP) is 4.60. The van der Waals surface area contributed by atoms with Crippen molar-refractivity contribution in [2.24, 2.45) is 0 Å². The van der Waals surface area contributed by atoms with Gasteiger partial charge in [0.05, 0.1) is 11.0 Å². The molecule has 0 saturated carbocycles. The van der Waals surface area contributed by atoms with E-state index in [9.17, 15) is 4.39 Å². The van der Waals surface area contributed by atoms with Crippen LogP contribution in [0.2, 0.25) is 0 Å². The number of imidazole rings is 1.